The maximum absolute atomic E-state index is 5.86. The average molecular weight is 272 g/mol. The van der Waals surface area contributed by atoms with Crippen LogP contribution >= 0.6 is 0 Å². The first-order valence-electron chi connectivity index (χ1n) is 7.29. The van der Waals surface area contributed by atoms with Crippen molar-refractivity contribution in [2.24, 2.45) is 5.92 Å². The Bertz CT molecular complexity index is 558. The molecule has 0 bridgehead atoms. The number of benzene rings is 1. The van der Waals surface area contributed by atoms with Crippen LogP contribution in [0.1, 0.15) is 30.9 Å². The molecule has 2 rings (SSSR count). The molecule has 0 saturated carbocycles. The lowest BCUT2D eigenvalue weighted by Crippen LogP contribution is -2.22. The summed E-state index contributed by atoms with van der Waals surface area (Å²) in [5, 5.41) is 3.40. The van der Waals surface area contributed by atoms with Crippen LogP contribution in [0.5, 0.6) is 0 Å². The van der Waals surface area contributed by atoms with Crippen LogP contribution in [0.2, 0.25) is 0 Å². The van der Waals surface area contributed by atoms with Gasteiger partial charge in [-0.25, -0.2) is 4.98 Å². The SMILES string of the molecule is Cc1ccc(C)c(-c2cnc(CCNCC(C)C)o2)c1. The molecule has 0 radical (unpaired) electrons. The Morgan fingerprint density at radius 1 is 1.25 bits per heavy atom. The molecule has 0 atom stereocenters. The summed E-state index contributed by atoms with van der Waals surface area (Å²) in [7, 11) is 0. The zero-order valence-electron chi connectivity index (χ0n) is 12.9. The van der Waals surface area contributed by atoms with Crippen molar-refractivity contribution >= 4 is 0 Å². The number of hydrogen-bond donors (Lipinski definition) is 1. The van der Waals surface area contributed by atoms with Gasteiger partial charge in [0, 0.05) is 18.5 Å². The minimum absolute atomic E-state index is 0.671. The van der Waals surface area contributed by atoms with Gasteiger partial charge in [-0.3, -0.25) is 0 Å². The van der Waals surface area contributed by atoms with Gasteiger partial charge in [0.15, 0.2) is 11.7 Å². The van der Waals surface area contributed by atoms with E-state index >= 15 is 0 Å². The summed E-state index contributed by atoms with van der Waals surface area (Å²) in [5.74, 6) is 2.34. The van der Waals surface area contributed by atoms with Gasteiger partial charge in [0.2, 0.25) is 0 Å². The van der Waals surface area contributed by atoms with Crippen molar-refractivity contribution in [1.82, 2.24) is 10.3 Å². The molecule has 0 amide bonds. The molecule has 1 N–H and O–H groups in total. The van der Waals surface area contributed by atoms with Gasteiger partial charge in [0.25, 0.3) is 0 Å². The Labute approximate surface area is 121 Å². The summed E-state index contributed by atoms with van der Waals surface area (Å²) in [6.45, 7) is 10.5. The van der Waals surface area contributed by atoms with Crippen LogP contribution < -0.4 is 5.32 Å². The molecule has 108 valence electrons. The fraction of sp³-hybridized carbons (Fsp3) is 0.471. The molecule has 20 heavy (non-hydrogen) atoms. The van der Waals surface area contributed by atoms with E-state index in [1.807, 2.05) is 6.20 Å². The second-order valence-electron chi connectivity index (χ2n) is 5.78. The molecule has 3 heteroatoms. The second-order valence-corrected chi connectivity index (χ2v) is 5.78. The molecule has 1 aromatic carbocycles. The monoisotopic (exact) mass is 272 g/mol. The summed E-state index contributed by atoms with van der Waals surface area (Å²) < 4.78 is 5.86. The van der Waals surface area contributed by atoms with Crippen LogP contribution in [0.4, 0.5) is 0 Å². The first kappa shape index (κ1) is 14.8. The van der Waals surface area contributed by atoms with Crippen molar-refractivity contribution in [2.45, 2.75) is 34.1 Å². The summed E-state index contributed by atoms with van der Waals surface area (Å²) in [5.41, 5.74) is 3.59. The lowest BCUT2D eigenvalue weighted by atomic mass is 10.0. The highest BCUT2D eigenvalue weighted by Crippen LogP contribution is 2.25. The van der Waals surface area contributed by atoms with Crippen LogP contribution in [0, 0.1) is 19.8 Å². The van der Waals surface area contributed by atoms with E-state index in [4.69, 9.17) is 4.42 Å². The molecule has 0 aliphatic rings. The maximum Gasteiger partial charge on any atom is 0.196 e. The maximum atomic E-state index is 5.86. The normalized spacial score (nSPS) is 11.2. The highest BCUT2D eigenvalue weighted by atomic mass is 16.4. The molecule has 0 unspecified atom stereocenters. The molecule has 0 spiro atoms. The van der Waals surface area contributed by atoms with Gasteiger partial charge in [-0.1, -0.05) is 31.5 Å². The smallest absolute Gasteiger partial charge is 0.196 e. The van der Waals surface area contributed by atoms with Crippen LogP contribution in [0.3, 0.4) is 0 Å². The van der Waals surface area contributed by atoms with Crippen LogP contribution in [-0.2, 0) is 6.42 Å². The van der Waals surface area contributed by atoms with Gasteiger partial charge in [0.05, 0.1) is 6.20 Å². The standard InChI is InChI=1S/C17H24N2O/c1-12(2)10-18-8-7-17-19-11-16(20-17)15-9-13(3)5-6-14(15)4/h5-6,9,11-12,18H,7-8,10H2,1-4H3. The molecular formula is C17H24N2O. The van der Waals surface area contributed by atoms with E-state index in [-0.39, 0.29) is 0 Å². The third kappa shape index (κ3) is 3.94. The van der Waals surface area contributed by atoms with Crippen molar-refractivity contribution < 1.29 is 4.42 Å². The number of nitrogens with one attached hydrogen (secondary N) is 1. The Morgan fingerprint density at radius 2 is 2.05 bits per heavy atom. The van der Waals surface area contributed by atoms with Gasteiger partial charge >= 0.3 is 0 Å². The summed E-state index contributed by atoms with van der Waals surface area (Å²) in [6, 6.07) is 6.39. The second kappa shape index (κ2) is 6.71. The Kier molecular flexibility index (Phi) is 4.96. The Balaban J connectivity index is 2.00. The van der Waals surface area contributed by atoms with Crippen molar-refractivity contribution in [1.29, 1.82) is 0 Å². The van der Waals surface area contributed by atoms with Crippen LogP contribution in [0.15, 0.2) is 28.8 Å². The molecule has 1 aromatic heterocycles. The Morgan fingerprint density at radius 3 is 2.80 bits per heavy atom. The van der Waals surface area contributed by atoms with Crippen LogP contribution in [0.25, 0.3) is 11.3 Å². The quantitative estimate of drug-likeness (QED) is 0.814. The third-order valence-electron chi connectivity index (χ3n) is 3.28. The topological polar surface area (TPSA) is 38.1 Å². The number of aryl methyl sites for hydroxylation is 2. The molecule has 1 heterocycles. The van der Waals surface area contributed by atoms with Crippen LogP contribution in [-0.4, -0.2) is 18.1 Å². The molecule has 2 aromatic rings. The van der Waals surface area contributed by atoms with Gasteiger partial charge in [-0.2, -0.15) is 0 Å². The average Bonchev–Trinajstić information content (AvgIpc) is 2.86. The first-order chi connectivity index (χ1) is 9.56. The highest BCUT2D eigenvalue weighted by molar-refractivity contribution is 5.62. The largest absolute Gasteiger partial charge is 0.441 e. The predicted molar refractivity (Wildman–Crippen MR) is 82.8 cm³/mol. The number of nitrogens with zero attached hydrogens (tertiary/aromatic N) is 1. The lowest BCUT2D eigenvalue weighted by molar-refractivity contribution is 0.483. The predicted octanol–water partition coefficient (Wildman–Crippen LogP) is 3.75. The van der Waals surface area contributed by atoms with Crippen molar-refractivity contribution in [3.05, 3.63) is 41.4 Å². The van der Waals surface area contributed by atoms with Gasteiger partial charge < -0.3 is 9.73 Å². The zero-order valence-corrected chi connectivity index (χ0v) is 12.9. The van der Waals surface area contributed by atoms with E-state index in [1.54, 1.807) is 0 Å². The minimum atomic E-state index is 0.671. The fourth-order valence-corrected chi connectivity index (χ4v) is 2.14. The summed E-state index contributed by atoms with van der Waals surface area (Å²) in [6.07, 6.45) is 2.66. The van der Waals surface area contributed by atoms with E-state index in [9.17, 15) is 0 Å². The van der Waals surface area contributed by atoms with E-state index in [2.05, 4.69) is 56.2 Å². The van der Waals surface area contributed by atoms with E-state index in [1.165, 1.54) is 11.1 Å². The molecule has 3 nitrogen and oxygen atoms in total. The van der Waals surface area contributed by atoms with Gasteiger partial charge in [-0.15, -0.1) is 0 Å². The highest BCUT2D eigenvalue weighted by Gasteiger charge is 2.09. The molecule has 0 saturated heterocycles. The molecule has 0 aliphatic carbocycles. The summed E-state index contributed by atoms with van der Waals surface area (Å²) >= 11 is 0. The number of oxazole rings is 1. The lowest BCUT2D eigenvalue weighted by Gasteiger charge is -2.05. The van der Waals surface area contributed by atoms with Crippen molar-refractivity contribution in [3.63, 3.8) is 0 Å². The molecular weight excluding hydrogens is 248 g/mol. The van der Waals surface area contributed by atoms with Crippen molar-refractivity contribution in [3.8, 4) is 11.3 Å². The minimum Gasteiger partial charge on any atom is -0.441 e. The fourth-order valence-electron chi connectivity index (χ4n) is 2.14. The number of hydrogen-bond acceptors (Lipinski definition) is 3. The number of rotatable bonds is 6. The van der Waals surface area contributed by atoms with E-state index in [0.717, 1.165) is 36.7 Å². The number of aromatic nitrogens is 1. The van der Waals surface area contributed by atoms with Crippen molar-refractivity contribution in [2.75, 3.05) is 13.1 Å². The Hall–Kier alpha value is -1.61. The van der Waals surface area contributed by atoms with E-state index in [0.29, 0.717) is 5.92 Å². The van der Waals surface area contributed by atoms with Gasteiger partial charge in [-0.05, 0) is 37.9 Å². The molecule has 0 fully saturated rings. The first-order valence-corrected chi connectivity index (χ1v) is 7.29. The van der Waals surface area contributed by atoms with Gasteiger partial charge in [0.1, 0.15) is 0 Å². The third-order valence-corrected chi connectivity index (χ3v) is 3.28. The zero-order chi connectivity index (χ0) is 14.5. The van der Waals surface area contributed by atoms with E-state index < -0.39 is 0 Å². The molecule has 0 aliphatic heterocycles. The summed E-state index contributed by atoms with van der Waals surface area (Å²) in [4.78, 5) is 4.37.